The fraction of sp³-hybridized carbons (Fsp3) is 0. The van der Waals surface area contributed by atoms with Crippen LogP contribution < -0.4 is 0 Å². The molecular formula is C63H39N5O. The molecular weight excluding hydrogens is 843 g/mol. The normalized spacial score (nSPS) is 11.8. The summed E-state index contributed by atoms with van der Waals surface area (Å²) in [4.78, 5) is 16.1. The van der Waals surface area contributed by atoms with Crippen molar-refractivity contribution in [2.75, 3.05) is 0 Å². The maximum absolute atomic E-state index is 7.43. The fourth-order valence-corrected chi connectivity index (χ4v) is 10.4. The summed E-state index contributed by atoms with van der Waals surface area (Å²) in [7, 11) is 0. The summed E-state index contributed by atoms with van der Waals surface area (Å²) in [5.74, 6) is 1.65. The van der Waals surface area contributed by atoms with Crippen molar-refractivity contribution in [2.24, 2.45) is 0 Å². The third-order valence-corrected chi connectivity index (χ3v) is 13.6. The molecule has 0 aliphatic carbocycles. The Morgan fingerprint density at radius 2 is 0.754 bits per heavy atom. The van der Waals surface area contributed by atoms with Crippen LogP contribution in [0.1, 0.15) is 0 Å². The molecule has 0 atom stereocenters. The lowest BCUT2D eigenvalue weighted by molar-refractivity contribution is 0.673. The van der Waals surface area contributed by atoms with Gasteiger partial charge in [-0.1, -0.05) is 200 Å². The van der Waals surface area contributed by atoms with E-state index in [0.717, 1.165) is 110 Å². The van der Waals surface area contributed by atoms with Crippen LogP contribution in [0.25, 0.3) is 133 Å². The molecule has 0 aliphatic heterocycles. The molecule has 10 aromatic carbocycles. The van der Waals surface area contributed by atoms with E-state index >= 15 is 0 Å². The van der Waals surface area contributed by atoms with Crippen LogP contribution in [0, 0.1) is 0 Å². The predicted molar refractivity (Wildman–Crippen MR) is 283 cm³/mol. The summed E-state index contributed by atoms with van der Waals surface area (Å²) in [6.45, 7) is 0. The third kappa shape index (κ3) is 6.23. The molecule has 4 heterocycles. The smallest absolute Gasteiger partial charge is 0.238 e. The average Bonchev–Trinajstić information content (AvgIpc) is 4.10. The van der Waals surface area contributed by atoms with Crippen molar-refractivity contribution in [2.45, 2.75) is 0 Å². The van der Waals surface area contributed by atoms with E-state index < -0.39 is 0 Å². The molecule has 6 nitrogen and oxygen atoms in total. The molecule has 0 unspecified atom stereocenters. The summed E-state index contributed by atoms with van der Waals surface area (Å²) < 4.78 is 12.0. The number of nitrogens with zero attached hydrogens (tertiary/aromatic N) is 5. The number of benzene rings is 10. The van der Waals surface area contributed by atoms with Gasteiger partial charge in [0.2, 0.25) is 5.95 Å². The number of rotatable bonds is 7. The molecule has 0 saturated carbocycles. The number of aromatic nitrogens is 5. The van der Waals surface area contributed by atoms with Crippen molar-refractivity contribution in [3.05, 3.63) is 237 Å². The Hall–Kier alpha value is -9.39. The molecule has 0 amide bonds. The summed E-state index contributed by atoms with van der Waals surface area (Å²) in [5.41, 5.74) is 15.2. The van der Waals surface area contributed by atoms with Gasteiger partial charge in [-0.05, 0) is 69.8 Å². The van der Waals surface area contributed by atoms with Crippen molar-refractivity contribution >= 4 is 65.6 Å². The lowest BCUT2D eigenvalue weighted by Crippen LogP contribution is -2.07. The van der Waals surface area contributed by atoms with Gasteiger partial charge in [0.05, 0.1) is 16.6 Å². The minimum Gasteiger partial charge on any atom is -0.452 e. The predicted octanol–water partition coefficient (Wildman–Crippen LogP) is 16.3. The Kier molecular flexibility index (Phi) is 8.79. The Morgan fingerprint density at radius 3 is 1.41 bits per heavy atom. The van der Waals surface area contributed by atoms with E-state index in [4.69, 9.17) is 19.4 Å². The average molecular weight is 882 g/mol. The zero-order chi connectivity index (χ0) is 45.4. The monoisotopic (exact) mass is 881 g/mol. The standard InChI is InChI=1S/C63H39N5O/c1-4-17-40(18-5-1)42-31-33-44(34-32-42)61-64-62(54-28-11-10-25-47(54)43-21-8-3-9-22-43)66-63(65-61)68-56-30-15-13-27-49(56)51-36-38-53-52-37-35-50-48-26-12-14-29-55(48)67(57(50)59(52)69-60(53)58(51)68)46-24-16-23-45(39-46)41-19-6-2-7-20-41/h1-39H. The van der Waals surface area contributed by atoms with E-state index in [9.17, 15) is 0 Å². The highest BCUT2D eigenvalue weighted by atomic mass is 16.3. The number of fused-ring (bicyclic) bond motifs is 11. The van der Waals surface area contributed by atoms with E-state index in [2.05, 4.69) is 234 Å². The first kappa shape index (κ1) is 38.8. The molecule has 0 spiro atoms. The molecule has 0 bridgehead atoms. The Morgan fingerprint density at radius 1 is 0.290 bits per heavy atom. The first-order chi connectivity index (χ1) is 34.2. The van der Waals surface area contributed by atoms with Gasteiger partial charge in [0.1, 0.15) is 5.52 Å². The summed E-state index contributed by atoms with van der Waals surface area (Å²) in [5, 5.41) is 6.46. The molecule has 14 aromatic rings. The van der Waals surface area contributed by atoms with Crippen LogP contribution in [0.3, 0.4) is 0 Å². The molecule has 0 N–H and O–H groups in total. The first-order valence-electron chi connectivity index (χ1n) is 23.3. The van der Waals surface area contributed by atoms with Gasteiger partial charge >= 0.3 is 0 Å². The van der Waals surface area contributed by atoms with Crippen molar-refractivity contribution in [1.82, 2.24) is 24.1 Å². The maximum Gasteiger partial charge on any atom is 0.238 e. The zero-order valence-corrected chi connectivity index (χ0v) is 37.2. The van der Waals surface area contributed by atoms with Crippen molar-refractivity contribution in [3.63, 3.8) is 0 Å². The largest absolute Gasteiger partial charge is 0.452 e. The van der Waals surface area contributed by atoms with Gasteiger partial charge in [-0.15, -0.1) is 0 Å². The van der Waals surface area contributed by atoms with Crippen molar-refractivity contribution in [3.8, 4) is 67.8 Å². The molecule has 69 heavy (non-hydrogen) atoms. The maximum atomic E-state index is 7.43. The quantitative estimate of drug-likeness (QED) is 0.160. The SMILES string of the molecule is c1ccc(-c2ccc(-c3nc(-c4ccccc4-c4ccccc4)nc(-n4c5ccccc5c5ccc6c7ccc8c9ccccc9n(-c9cccc(-c%10ccccc%10)c9)c8c7oc6c54)n3)cc2)cc1. The van der Waals surface area contributed by atoms with Crippen LogP contribution in [0.2, 0.25) is 0 Å². The van der Waals surface area contributed by atoms with Crippen LogP contribution in [0.15, 0.2) is 241 Å². The van der Waals surface area contributed by atoms with Gasteiger partial charge < -0.3 is 8.98 Å². The van der Waals surface area contributed by atoms with Crippen LogP contribution >= 0.6 is 0 Å². The second-order valence-electron chi connectivity index (χ2n) is 17.5. The first-order valence-corrected chi connectivity index (χ1v) is 23.3. The minimum absolute atomic E-state index is 0.501. The lowest BCUT2D eigenvalue weighted by Gasteiger charge is -2.13. The Balaban J connectivity index is 1.05. The minimum atomic E-state index is 0.501. The number of para-hydroxylation sites is 2. The van der Waals surface area contributed by atoms with E-state index in [1.54, 1.807) is 0 Å². The lowest BCUT2D eigenvalue weighted by atomic mass is 9.99. The van der Waals surface area contributed by atoms with Gasteiger partial charge in [-0.2, -0.15) is 9.97 Å². The third-order valence-electron chi connectivity index (χ3n) is 13.6. The molecule has 322 valence electrons. The van der Waals surface area contributed by atoms with Crippen LogP contribution in [0.4, 0.5) is 0 Å². The molecule has 0 fully saturated rings. The van der Waals surface area contributed by atoms with Gasteiger partial charge in [0.25, 0.3) is 0 Å². The van der Waals surface area contributed by atoms with E-state index in [-0.39, 0.29) is 0 Å². The fourth-order valence-electron chi connectivity index (χ4n) is 10.4. The second-order valence-corrected chi connectivity index (χ2v) is 17.5. The van der Waals surface area contributed by atoms with Crippen LogP contribution in [-0.4, -0.2) is 24.1 Å². The second kappa shape index (κ2) is 15.6. The summed E-state index contributed by atoms with van der Waals surface area (Å²) in [6, 6.07) is 83.1. The van der Waals surface area contributed by atoms with Gasteiger partial charge in [0, 0.05) is 49.1 Å². The number of hydrogen-bond donors (Lipinski definition) is 0. The molecule has 4 aromatic heterocycles. The molecule has 0 aliphatic rings. The number of furan rings is 1. The van der Waals surface area contributed by atoms with Crippen molar-refractivity contribution in [1.29, 1.82) is 0 Å². The topological polar surface area (TPSA) is 61.7 Å². The van der Waals surface area contributed by atoms with Gasteiger partial charge in [-0.25, -0.2) is 4.98 Å². The van der Waals surface area contributed by atoms with Crippen molar-refractivity contribution < 1.29 is 4.42 Å². The molecule has 0 saturated heterocycles. The van der Waals surface area contributed by atoms with Crippen LogP contribution in [0.5, 0.6) is 0 Å². The molecule has 0 radical (unpaired) electrons. The van der Waals surface area contributed by atoms with E-state index in [1.807, 2.05) is 12.1 Å². The Labute approximate surface area is 396 Å². The number of hydrogen-bond acceptors (Lipinski definition) is 4. The highest BCUT2D eigenvalue weighted by Crippen LogP contribution is 2.45. The van der Waals surface area contributed by atoms with E-state index in [0.29, 0.717) is 17.6 Å². The van der Waals surface area contributed by atoms with Gasteiger partial charge in [0.15, 0.2) is 22.8 Å². The van der Waals surface area contributed by atoms with Gasteiger partial charge in [-0.3, -0.25) is 4.57 Å². The van der Waals surface area contributed by atoms with E-state index in [1.165, 1.54) is 5.56 Å². The summed E-state index contributed by atoms with van der Waals surface area (Å²) >= 11 is 0. The van der Waals surface area contributed by atoms with Crippen LogP contribution in [-0.2, 0) is 0 Å². The Bertz CT molecular complexity index is 4280. The zero-order valence-electron chi connectivity index (χ0n) is 37.2. The highest BCUT2D eigenvalue weighted by Gasteiger charge is 2.25. The molecule has 14 rings (SSSR count). The highest BCUT2D eigenvalue weighted by molar-refractivity contribution is 6.26. The summed E-state index contributed by atoms with van der Waals surface area (Å²) in [6.07, 6.45) is 0. The molecule has 6 heteroatoms.